The fourth-order valence-electron chi connectivity index (χ4n) is 2.55. The van der Waals surface area contributed by atoms with E-state index in [2.05, 4.69) is 25.6 Å². The summed E-state index contributed by atoms with van der Waals surface area (Å²) in [5, 5.41) is 24.0. The zero-order valence-corrected chi connectivity index (χ0v) is 14.7. The number of carbonyl (C=O) groups is 2. The number of amides is 1. The quantitative estimate of drug-likeness (QED) is 0.521. The van der Waals surface area contributed by atoms with Gasteiger partial charge < -0.3 is 15.2 Å². The molecule has 1 amide bonds. The largest absolute Gasteiger partial charge is 0.505 e. The lowest BCUT2D eigenvalue weighted by atomic mass is 10.1. The average molecular weight is 367 g/mol. The molecule has 9 nitrogen and oxygen atoms in total. The van der Waals surface area contributed by atoms with E-state index in [4.69, 9.17) is 0 Å². The molecule has 2 aromatic carbocycles. The molecular weight excluding hydrogens is 350 g/mol. The fourth-order valence-corrected chi connectivity index (χ4v) is 2.55. The van der Waals surface area contributed by atoms with E-state index < -0.39 is 11.9 Å². The van der Waals surface area contributed by atoms with E-state index in [1.54, 1.807) is 6.92 Å². The molecule has 0 atom stereocenters. The molecule has 0 spiro atoms. The number of hydrogen-bond acceptors (Lipinski definition) is 7. The highest BCUT2D eigenvalue weighted by Gasteiger charge is 2.21. The predicted molar refractivity (Wildman–Crippen MR) is 95.5 cm³/mol. The molecule has 1 heterocycles. The van der Waals surface area contributed by atoms with Crippen LogP contribution < -0.4 is 5.32 Å². The summed E-state index contributed by atoms with van der Waals surface area (Å²) in [5.41, 5.74) is 1.60. The molecule has 1 aromatic heterocycles. The molecular formula is C18H17N5O4. The molecule has 138 valence electrons. The lowest BCUT2D eigenvalue weighted by Crippen LogP contribution is -2.20. The third-order valence-electron chi connectivity index (χ3n) is 3.82. The topological polar surface area (TPSA) is 119 Å². The van der Waals surface area contributed by atoms with Gasteiger partial charge in [-0.15, -0.1) is 5.10 Å². The second-order valence-electron chi connectivity index (χ2n) is 5.80. The Hall–Kier alpha value is -3.75. The van der Waals surface area contributed by atoms with E-state index in [0.29, 0.717) is 12.1 Å². The summed E-state index contributed by atoms with van der Waals surface area (Å²) >= 11 is 0. The van der Waals surface area contributed by atoms with E-state index >= 15 is 0 Å². The summed E-state index contributed by atoms with van der Waals surface area (Å²) < 4.78 is 5.99. The second-order valence-corrected chi connectivity index (χ2v) is 5.80. The maximum atomic E-state index is 12.6. The Labute approximate surface area is 154 Å². The highest BCUT2D eigenvalue weighted by molar-refractivity contribution is 6.04. The Bertz CT molecular complexity index is 985. The van der Waals surface area contributed by atoms with Crippen LogP contribution in [0.15, 0.2) is 42.5 Å². The van der Waals surface area contributed by atoms with Crippen LogP contribution in [0.2, 0.25) is 0 Å². The molecule has 2 N–H and O–H groups in total. The van der Waals surface area contributed by atoms with Crippen LogP contribution in [-0.4, -0.2) is 44.3 Å². The maximum Gasteiger partial charge on any atom is 0.341 e. The van der Waals surface area contributed by atoms with Crippen molar-refractivity contribution in [3.05, 3.63) is 65.0 Å². The number of phenolic OH excluding ortho intramolecular Hbond substituents is 1. The van der Waals surface area contributed by atoms with Crippen LogP contribution in [0.4, 0.5) is 5.69 Å². The third kappa shape index (κ3) is 3.92. The molecule has 0 aliphatic rings. The van der Waals surface area contributed by atoms with Gasteiger partial charge in [0, 0.05) is 0 Å². The van der Waals surface area contributed by atoms with Gasteiger partial charge in [0.25, 0.3) is 5.91 Å². The summed E-state index contributed by atoms with van der Waals surface area (Å²) in [7, 11) is 1.21. The molecule has 0 fully saturated rings. The predicted octanol–water partition coefficient (Wildman–Crippen LogP) is 1.77. The zero-order valence-electron chi connectivity index (χ0n) is 14.7. The van der Waals surface area contributed by atoms with Gasteiger partial charge in [0.05, 0.1) is 19.3 Å². The van der Waals surface area contributed by atoms with E-state index in [1.165, 1.54) is 23.9 Å². The smallest absolute Gasteiger partial charge is 0.341 e. The first-order chi connectivity index (χ1) is 13.0. The van der Waals surface area contributed by atoms with E-state index in [1.807, 2.05) is 30.3 Å². The minimum absolute atomic E-state index is 0.0284. The number of benzene rings is 2. The van der Waals surface area contributed by atoms with Gasteiger partial charge in [0.1, 0.15) is 5.56 Å². The normalized spacial score (nSPS) is 10.4. The first kappa shape index (κ1) is 18.1. The first-order valence-corrected chi connectivity index (χ1v) is 8.03. The Kier molecular flexibility index (Phi) is 5.11. The average Bonchev–Trinajstić information content (AvgIpc) is 3.12. The van der Waals surface area contributed by atoms with Crippen molar-refractivity contribution in [1.82, 2.24) is 20.2 Å². The van der Waals surface area contributed by atoms with Crippen LogP contribution in [-0.2, 0) is 11.3 Å². The molecule has 0 saturated heterocycles. The van der Waals surface area contributed by atoms with E-state index in [9.17, 15) is 14.7 Å². The van der Waals surface area contributed by atoms with Gasteiger partial charge in [-0.1, -0.05) is 30.3 Å². The Balaban J connectivity index is 1.86. The molecule has 0 bridgehead atoms. The van der Waals surface area contributed by atoms with Gasteiger partial charge in [-0.05, 0) is 40.6 Å². The molecule has 3 rings (SSSR count). The van der Waals surface area contributed by atoms with Crippen LogP contribution in [0.1, 0.15) is 32.1 Å². The number of methoxy groups -OCH3 is 1. The van der Waals surface area contributed by atoms with Gasteiger partial charge in [-0.2, -0.15) is 0 Å². The summed E-state index contributed by atoms with van der Waals surface area (Å²) in [6.07, 6.45) is 0. The van der Waals surface area contributed by atoms with Crippen LogP contribution in [0.25, 0.3) is 0 Å². The fraction of sp³-hybridized carbons (Fsp3) is 0.167. The number of nitrogens with one attached hydrogen (secondary N) is 1. The van der Waals surface area contributed by atoms with Crippen molar-refractivity contribution in [1.29, 1.82) is 0 Å². The number of aromatic hydroxyl groups is 1. The number of aryl methyl sites for hydroxylation is 1. The number of esters is 1. The SMILES string of the molecule is COC(=O)c1cc(C)cc(NC(=O)c2nnnn2Cc2ccccc2)c1O. The summed E-state index contributed by atoms with van der Waals surface area (Å²) in [6.45, 7) is 2.03. The lowest BCUT2D eigenvalue weighted by molar-refractivity contribution is 0.0597. The van der Waals surface area contributed by atoms with Gasteiger partial charge in [0.15, 0.2) is 5.75 Å². The molecule has 9 heteroatoms. The molecule has 0 saturated carbocycles. The molecule has 0 radical (unpaired) electrons. The number of carbonyl (C=O) groups excluding carboxylic acids is 2. The number of aromatic nitrogens is 4. The number of nitrogens with zero attached hydrogens (tertiary/aromatic N) is 4. The van der Waals surface area contributed by atoms with Gasteiger partial charge in [-0.25, -0.2) is 9.48 Å². The first-order valence-electron chi connectivity index (χ1n) is 8.03. The third-order valence-corrected chi connectivity index (χ3v) is 3.82. The standard InChI is InChI=1S/C18H17N5O4/c1-11-8-13(18(26)27-2)15(24)14(9-11)19-17(25)16-20-21-22-23(16)10-12-6-4-3-5-7-12/h3-9,24H,10H2,1-2H3,(H,19,25). The molecule has 0 unspecified atom stereocenters. The van der Waals surface area contributed by atoms with E-state index in [-0.39, 0.29) is 22.8 Å². The number of hydrogen-bond donors (Lipinski definition) is 2. The Morgan fingerprint density at radius 2 is 1.96 bits per heavy atom. The van der Waals surface area contributed by atoms with Crippen molar-refractivity contribution in [3.8, 4) is 5.75 Å². The highest BCUT2D eigenvalue weighted by atomic mass is 16.5. The van der Waals surface area contributed by atoms with Crippen LogP contribution in [0.3, 0.4) is 0 Å². The van der Waals surface area contributed by atoms with E-state index in [0.717, 1.165) is 5.56 Å². The van der Waals surface area contributed by atoms with Crippen LogP contribution in [0, 0.1) is 6.92 Å². The van der Waals surface area contributed by atoms with Gasteiger partial charge in [0.2, 0.25) is 5.82 Å². The van der Waals surface area contributed by atoms with Gasteiger partial charge in [-0.3, -0.25) is 4.79 Å². The number of tetrazole rings is 1. The second kappa shape index (κ2) is 7.65. The molecule has 27 heavy (non-hydrogen) atoms. The van der Waals surface area contributed by atoms with Crippen molar-refractivity contribution in [3.63, 3.8) is 0 Å². The van der Waals surface area contributed by atoms with Crippen LogP contribution >= 0.6 is 0 Å². The monoisotopic (exact) mass is 367 g/mol. The van der Waals surface area contributed by atoms with Gasteiger partial charge >= 0.3 is 5.97 Å². The number of anilines is 1. The zero-order chi connectivity index (χ0) is 19.4. The minimum Gasteiger partial charge on any atom is -0.505 e. The number of phenols is 1. The number of rotatable bonds is 5. The van der Waals surface area contributed by atoms with Crippen molar-refractivity contribution in [2.45, 2.75) is 13.5 Å². The van der Waals surface area contributed by atoms with Crippen molar-refractivity contribution < 1.29 is 19.4 Å². The van der Waals surface area contributed by atoms with Crippen molar-refractivity contribution >= 4 is 17.6 Å². The number of ether oxygens (including phenoxy) is 1. The Morgan fingerprint density at radius 3 is 2.67 bits per heavy atom. The van der Waals surface area contributed by atoms with Crippen LogP contribution in [0.5, 0.6) is 5.75 Å². The summed E-state index contributed by atoms with van der Waals surface area (Å²) in [4.78, 5) is 24.4. The summed E-state index contributed by atoms with van der Waals surface area (Å²) in [6, 6.07) is 12.4. The maximum absolute atomic E-state index is 12.6. The minimum atomic E-state index is -0.708. The van der Waals surface area contributed by atoms with Crippen molar-refractivity contribution in [2.24, 2.45) is 0 Å². The lowest BCUT2D eigenvalue weighted by Gasteiger charge is -2.11. The molecule has 0 aliphatic heterocycles. The molecule has 3 aromatic rings. The van der Waals surface area contributed by atoms with Crippen molar-refractivity contribution in [2.75, 3.05) is 12.4 Å². The Morgan fingerprint density at radius 1 is 1.22 bits per heavy atom. The summed E-state index contributed by atoms with van der Waals surface area (Å²) in [5.74, 6) is -1.74. The highest BCUT2D eigenvalue weighted by Crippen LogP contribution is 2.30. The molecule has 0 aliphatic carbocycles.